The lowest BCUT2D eigenvalue weighted by molar-refractivity contribution is -0.126. The fraction of sp³-hybridized carbons (Fsp3) is 0.429. The number of imide groups is 1. The Morgan fingerprint density at radius 2 is 1.94 bits per heavy atom. The van der Waals surface area contributed by atoms with Crippen LogP contribution in [-0.2, 0) is 15.0 Å². The Hall–Kier alpha value is -1.64. The highest BCUT2D eigenvalue weighted by molar-refractivity contribution is 6.09. The third kappa shape index (κ3) is 2.09. The molecule has 1 aromatic carbocycles. The van der Waals surface area contributed by atoms with E-state index in [0.29, 0.717) is 0 Å². The summed E-state index contributed by atoms with van der Waals surface area (Å²) in [5.41, 5.74) is 0.325. The Morgan fingerprint density at radius 3 is 2.47 bits per heavy atom. The summed E-state index contributed by atoms with van der Waals surface area (Å²) < 4.78 is 0. The SMILES string of the molecule is CCCCC1(c2ccccc2)CC(=O)NC1=O. The molecule has 0 bridgehead atoms. The van der Waals surface area contributed by atoms with Crippen molar-refractivity contribution in [3.63, 3.8) is 0 Å². The van der Waals surface area contributed by atoms with Gasteiger partial charge < -0.3 is 0 Å². The molecule has 90 valence electrons. The van der Waals surface area contributed by atoms with E-state index in [1.165, 1.54) is 0 Å². The van der Waals surface area contributed by atoms with Crippen LogP contribution in [-0.4, -0.2) is 11.8 Å². The minimum atomic E-state index is -0.631. The van der Waals surface area contributed by atoms with E-state index in [2.05, 4.69) is 12.2 Å². The van der Waals surface area contributed by atoms with Crippen molar-refractivity contribution in [3.05, 3.63) is 35.9 Å². The number of carbonyl (C=O) groups is 2. The number of carbonyl (C=O) groups excluding carboxylic acids is 2. The Kier molecular flexibility index (Phi) is 3.27. The Bertz CT molecular complexity index is 427. The zero-order valence-corrected chi connectivity index (χ0v) is 10.0. The minimum Gasteiger partial charge on any atom is -0.296 e. The standard InChI is InChI=1S/C14H17NO2/c1-2-3-9-14(10-12(16)15-13(14)17)11-7-5-4-6-8-11/h4-8H,2-3,9-10H2,1H3,(H,15,16,17). The van der Waals surface area contributed by atoms with Crippen molar-refractivity contribution in [2.24, 2.45) is 0 Å². The molecule has 0 saturated carbocycles. The molecule has 1 unspecified atom stereocenters. The van der Waals surface area contributed by atoms with E-state index in [0.717, 1.165) is 24.8 Å². The number of benzene rings is 1. The largest absolute Gasteiger partial charge is 0.296 e. The second-order valence-corrected chi connectivity index (χ2v) is 4.61. The van der Waals surface area contributed by atoms with Gasteiger partial charge in [-0.25, -0.2) is 0 Å². The van der Waals surface area contributed by atoms with Crippen LogP contribution in [0.4, 0.5) is 0 Å². The minimum absolute atomic E-state index is 0.137. The maximum absolute atomic E-state index is 12.1. The fourth-order valence-electron chi connectivity index (χ4n) is 2.46. The van der Waals surface area contributed by atoms with Crippen LogP contribution in [0.5, 0.6) is 0 Å². The number of unbranched alkanes of at least 4 members (excludes halogenated alkanes) is 1. The predicted molar refractivity (Wildman–Crippen MR) is 65.4 cm³/mol. The van der Waals surface area contributed by atoms with Gasteiger partial charge in [-0.1, -0.05) is 50.1 Å². The average molecular weight is 231 g/mol. The fourth-order valence-corrected chi connectivity index (χ4v) is 2.46. The predicted octanol–water partition coefficient (Wildman–Crippen LogP) is 2.16. The summed E-state index contributed by atoms with van der Waals surface area (Å²) in [5.74, 6) is -0.294. The highest BCUT2D eigenvalue weighted by Crippen LogP contribution is 2.37. The topological polar surface area (TPSA) is 46.2 Å². The van der Waals surface area contributed by atoms with E-state index in [1.54, 1.807) is 0 Å². The monoisotopic (exact) mass is 231 g/mol. The first-order chi connectivity index (χ1) is 8.19. The number of amides is 2. The molecule has 17 heavy (non-hydrogen) atoms. The molecule has 2 rings (SSSR count). The molecule has 1 heterocycles. The van der Waals surface area contributed by atoms with Gasteiger partial charge in [0, 0.05) is 6.42 Å². The van der Waals surface area contributed by atoms with Crippen LogP contribution in [0.25, 0.3) is 0 Å². The van der Waals surface area contributed by atoms with Gasteiger partial charge in [-0.05, 0) is 12.0 Å². The maximum atomic E-state index is 12.1. The molecule has 0 spiro atoms. The van der Waals surface area contributed by atoms with E-state index >= 15 is 0 Å². The highest BCUT2D eigenvalue weighted by Gasteiger charge is 2.47. The van der Waals surface area contributed by atoms with Crippen LogP contribution in [0.15, 0.2) is 30.3 Å². The average Bonchev–Trinajstić information content (AvgIpc) is 2.64. The maximum Gasteiger partial charge on any atom is 0.237 e. The zero-order valence-electron chi connectivity index (χ0n) is 10.0. The van der Waals surface area contributed by atoms with Crippen molar-refractivity contribution in [2.75, 3.05) is 0 Å². The summed E-state index contributed by atoms with van der Waals surface area (Å²) in [4.78, 5) is 23.6. The van der Waals surface area contributed by atoms with Crippen LogP contribution < -0.4 is 5.32 Å². The summed E-state index contributed by atoms with van der Waals surface area (Å²) in [6.07, 6.45) is 3.01. The van der Waals surface area contributed by atoms with Crippen LogP contribution in [0, 0.1) is 0 Å². The van der Waals surface area contributed by atoms with Crippen molar-refractivity contribution in [2.45, 2.75) is 38.0 Å². The molecular weight excluding hydrogens is 214 g/mol. The molecule has 1 N–H and O–H groups in total. The zero-order chi connectivity index (χ0) is 12.3. The van der Waals surface area contributed by atoms with Gasteiger partial charge in [0.1, 0.15) is 0 Å². The van der Waals surface area contributed by atoms with Crippen LogP contribution in [0.1, 0.15) is 38.2 Å². The van der Waals surface area contributed by atoms with Crippen molar-refractivity contribution >= 4 is 11.8 Å². The lowest BCUT2D eigenvalue weighted by atomic mass is 9.75. The Morgan fingerprint density at radius 1 is 1.24 bits per heavy atom. The summed E-state index contributed by atoms with van der Waals surface area (Å²) in [6, 6.07) is 9.63. The summed E-state index contributed by atoms with van der Waals surface area (Å²) in [6.45, 7) is 2.09. The molecule has 3 heteroatoms. The second kappa shape index (κ2) is 4.70. The number of hydrogen-bond donors (Lipinski definition) is 1. The van der Waals surface area contributed by atoms with Gasteiger partial charge in [-0.15, -0.1) is 0 Å². The van der Waals surface area contributed by atoms with Crippen LogP contribution in [0.2, 0.25) is 0 Å². The van der Waals surface area contributed by atoms with Crippen molar-refractivity contribution in [1.29, 1.82) is 0 Å². The lowest BCUT2D eigenvalue weighted by Crippen LogP contribution is -2.35. The third-order valence-electron chi connectivity index (χ3n) is 3.43. The van der Waals surface area contributed by atoms with E-state index < -0.39 is 5.41 Å². The van der Waals surface area contributed by atoms with Gasteiger partial charge in [-0.2, -0.15) is 0 Å². The first-order valence-corrected chi connectivity index (χ1v) is 6.09. The van der Waals surface area contributed by atoms with E-state index in [4.69, 9.17) is 0 Å². The quantitative estimate of drug-likeness (QED) is 0.807. The van der Waals surface area contributed by atoms with Gasteiger partial charge in [0.05, 0.1) is 5.41 Å². The van der Waals surface area contributed by atoms with Gasteiger partial charge in [0.2, 0.25) is 11.8 Å². The lowest BCUT2D eigenvalue weighted by Gasteiger charge is -2.25. The summed E-state index contributed by atoms with van der Waals surface area (Å²) in [5, 5.41) is 2.44. The van der Waals surface area contributed by atoms with E-state index in [1.807, 2.05) is 30.3 Å². The molecule has 2 amide bonds. The smallest absolute Gasteiger partial charge is 0.237 e. The summed E-state index contributed by atoms with van der Waals surface area (Å²) in [7, 11) is 0. The number of hydrogen-bond acceptors (Lipinski definition) is 2. The number of nitrogens with one attached hydrogen (secondary N) is 1. The van der Waals surface area contributed by atoms with E-state index in [-0.39, 0.29) is 18.2 Å². The highest BCUT2D eigenvalue weighted by atomic mass is 16.2. The molecule has 1 fully saturated rings. The number of rotatable bonds is 4. The van der Waals surface area contributed by atoms with Gasteiger partial charge in [-0.3, -0.25) is 14.9 Å². The molecule has 1 aromatic rings. The van der Waals surface area contributed by atoms with Crippen molar-refractivity contribution in [3.8, 4) is 0 Å². The Balaban J connectivity index is 2.37. The second-order valence-electron chi connectivity index (χ2n) is 4.61. The molecule has 0 aliphatic carbocycles. The van der Waals surface area contributed by atoms with Crippen LogP contribution >= 0.6 is 0 Å². The molecule has 1 aliphatic rings. The normalized spacial score (nSPS) is 23.8. The third-order valence-corrected chi connectivity index (χ3v) is 3.43. The van der Waals surface area contributed by atoms with Crippen molar-refractivity contribution < 1.29 is 9.59 Å². The van der Waals surface area contributed by atoms with Gasteiger partial charge in [0.25, 0.3) is 0 Å². The van der Waals surface area contributed by atoms with E-state index in [9.17, 15) is 9.59 Å². The summed E-state index contributed by atoms with van der Waals surface area (Å²) >= 11 is 0. The molecule has 0 aromatic heterocycles. The first-order valence-electron chi connectivity index (χ1n) is 6.09. The first kappa shape index (κ1) is 11.8. The molecule has 1 saturated heterocycles. The molecule has 1 atom stereocenters. The molecule has 1 aliphatic heterocycles. The van der Waals surface area contributed by atoms with Crippen LogP contribution in [0.3, 0.4) is 0 Å². The van der Waals surface area contributed by atoms with Gasteiger partial charge >= 0.3 is 0 Å². The molecule has 3 nitrogen and oxygen atoms in total. The molecule has 0 radical (unpaired) electrons. The Labute approximate surface area is 101 Å². The van der Waals surface area contributed by atoms with Crippen molar-refractivity contribution in [1.82, 2.24) is 5.32 Å². The molecular formula is C14H17NO2. The van der Waals surface area contributed by atoms with Gasteiger partial charge in [0.15, 0.2) is 0 Å².